The van der Waals surface area contributed by atoms with E-state index in [9.17, 15) is 14.4 Å². The Balaban J connectivity index is 1.50. The van der Waals surface area contributed by atoms with Crippen molar-refractivity contribution in [3.63, 3.8) is 0 Å². The Hall–Kier alpha value is -3.16. The number of nitrogens with one attached hydrogen (secondary N) is 2. The van der Waals surface area contributed by atoms with Gasteiger partial charge in [-0.15, -0.1) is 11.8 Å². The lowest BCUT2D eigenvalue weighted by Gasteiger charge is -2.38. The van der Waals surface area contributed by atoms with E-state index >= 15 is 0 Å². The molecule has 1 atom stereocenters. The predicted molar refractivity (Wildman–Crippen MR) is 140 cm³/mol. The number of hydrogen-bond acceptors (Lipinski definition) is 7. The number of piperidine rings is 1. The minimum atomic E-state index is -1.00. The summed E-state index contributed by atoms with van der Waals surface area (Å²) in [6, 6.07) is 5.33. The lowest BCUT2D eigenvalue weighted by Crippen LogP contribution is -2.49. The monoisotopic (exact) mass is 544 g/mol. The minimum absolute atomic E-state index is 0.0167. The second-order valence-corrected chi connectivity index (χ2v) is 10.7. The van der Waals surface area contributed by atoms with Crippen LogP contribution < -0.4 is 20.3 Å². The van der Waals surface area contributed by atoms with Gasteiger partial charge < -0.3 is 24.7 Å². The van der Waals surface area contributed by atoms with E-state index < -0.39 is 5.79 Å². The fourth-order valence-corrected chi connectivity index (χ4v) is 5.82. The van der Waals surface area contributed by atoms with Gasteiger partial charge in [0.15, 0.2) is 11.5 Å². The molecule has 1 aromatic heterocycles. The van der Waals surface area contributed by atoms with Crippen molar-refractivity contribution in [1.82, 2.24) is 15.2 Å². The molecular formula is C26H29ClN4O5S. The van der Waals surface area contributed by atoms with E-state index in [4.69, 9.17) is 26.3 Å². The molecule has 9 nitrogen and oxygen atoms in total. The van der Waals surface area contributed by atoms with E-state index in [1.54, 1.807) is 17.9 Å². The van der Waals surface area contributed by atoms with E-state index in [1.807, 2.05) is 32.2 Å². The highest BCUT2D eigenvalue weighted by molar-refractivity contribution is 7.98. The Bertz CT molecular complexity index is 1350. The average Bonchev–Trinajstić information content (AvgIpc) is 3.25. The molecule has 3 heterocycles. The van der Waals surface area contributed by atoms with Crippen LogP contribution >= 0.6 is 23.4 Å². The van der Waals surface area contributed by atoms with Gasteiger partial charge in [0, 0.05) is 59.8 Å². The Labute approximate surface area is 224 Å². The minimum Gasteiger partial charge on any atom is -0.448 e. The standard InChI is InChI=1S/C26H29ClN4O5S/c1-14-11-20(37-4)18(25(34)30-14)13-29-24(33)17-12-19(27)23-22(15(17)2)35-26(3,36-23)16-6-9-31(10-7-16)21(32)5-8-28/h11-12,16H,5-7,9-10,13H2,1-4H3,(H,29,33)(H,30,34)/t26-/m0/s1. The Morgan fingerprint density at radius 2 is 1.95 bits per heavy atom. The third kappa shape index (κ3) is 5.29. The first kappa shape index (κ1) is 26.9. The molecule has 0 saturated carbocycles. The molecule has 0 radical (unpaired) electrons. The number of fused-ring (bicyclic) bond motifs is 1. The number of carbonyl (C=O) groups excluding carboxylic acids is 2. The predicted octanol–water partition coefficient (Wildman–Crippen LogP) is 3.94. The molecule has 11 heteroatoms. The van der Waals surface area contributed by atoms with Crippen LogP contribution in [0.1, 0.15) is 53.4 Å². The number of aryl methyl sites for hydroxylation is 1. The van der Waals surface area contributed by atoms with Crippen LogP contribution in [0.5, 0.6) is 11.5 Å². The maximum absolute atomic E-state index is 13.1. The number of hydrogen-bond donors (Lipinski definition) is 2. The number of pyridine rings is 1. The van der Waals surface area contributed by atoms with Gasteiger partial charge in [0.1, 0.15) is 6.42 Å². The van der Waals surface area contributed by atoms with Crippen LogP contribution in [0, 0.1) is 31.1 Å². The molecule has 37 heavy (non-hydrogen) atoms. The number of thioether (sulfide) groups is 1. The number of nitriles is 1. The number of nitrogens with zero attached hydrogens (tertiary/aromatic N) is 2. The number of halogens is 1. The molecule has 2 N–H and O–H groups in total. The van der Waals surface area contributed by atoms with Gasteiger partial charge >= 0.3 is 0 Å². The number of aromatic nitrogens is 1. The molecule has 0 spiro atoms. The van der Waals surface area contributed by atoms with Gasteiger partial charge in [-0.3, -0.25) is 14.4 Å². The molecule has 0 unspecified atom stereocenters. The van der Waals surface area contributed by atoms with E-state index in [0.29, 0.717) is 54.1 Å². The van der Waals surface area contributed by atoms with E-state index in [2.05, 4.69) is 10.3 Å². The average molecular weight is 545 g/mol. The SMILES string of the molecule is CSc1cc(C)[nH]c(=O)c1CNC(=O)c1cc(Cl)c2c(c1C)O[C@](C)(C1CCN(C(=O)CC#N)CC1)O2. The number of rotatable bonds is 6. The van der Waals surface area contributed by atoms with Gasteiger partial charge in [-0.05, 0) is 45.1 Å². The molecule has 1 aromatic carbocycles. The van der Waals surface area contributed by atoms with Gasteiger partial charge in [-0.25, -0.2) is 0 Å². The van der Waals surface area contributed by atoms with Crippen molar-refractivity contribution in [2.24, 2.45) is 5.92 Å². The summed E-state index contributed by atoms with van der Waals surface area (Å²) in [5.74, 6) is -0.761. The lowest BCUT2D eigenvalue weighted by atomic mass is 9.89. The molecule has 1 fully saturated rings. The van der Waals surface area contributed by atoms with Gasteiger partial charge in [0.2, 0.25) is 5.91 Å². The van der Waals surface area contributed by atoms with Gasteiger partial charge in [0.25, 0.3) is 17.3 Å². The first-order valence-electron chi connectivity index (χ1n) is 12.0. The second kappa shape index (κ2) is 10.7. The molecule has 4 rings (SSSR count). The van der Waals surface area contributed by atoms with Crippen LogP contribution in [0.3, 0.4) is 0 Å². The molecule has 1 saturated heterocycles. The van der Waals surface area contributed by atoms with E-state index in [0.717, 1.165) is 10.6 Å². The van der Waals surface area contributed by atoms with Crippen molar-refractivity contribution in [1.29, 1.82) is 5.26 Å². The van der Waals surface area contributed by atoms with Crippen LogP contribution in [0.4, 0.5) is 0 Å². The lowest BCUT2D eigenvalue weighted by molar-refractivity contribution is -0.142. The summed E-state index contributed by atoms with van der Waals surface area (Å²) in [6.45, 7) is 6.52. The molecule has 2 amide bonds. The van der Waals surface area contributed by atoms with Crippen LogP contribution in [0.25, 0.3) is 0 Å². The van der Waals surface area contributed by atoms with Crippen molar-refractivity contribution in [3.8, 4) is 17.6 Å². The fraction of sp³-hybridized carbons (Fsp3) is 0.462. The van der Waals surface area contributed by atoms with Gasteiger partial charge in [-0.1, -0.05) is 11.6 Å². The highest BCUT2D eigenvalue weighted by Gasteiger charge is 2.47. The molecule has 196 valence electrons. The summed E-state index contributed by atoms with van der Waals surface area (Å²) in [4.78, 5) is 42.9. The third-order valence-corrected chi connectivity index (χ3v) is 8.07. The third-order valence-electron chi connectivity index (χ3n) is 6.99. The van der Waals surface area contributed by atoms with Gasteiger partial charge in [-0.2, -0.15) is 5.26 Å². The van der Waals surface area contributed by atoms with Crippen LogP contribution in [0.2, 0.25) is 5.02 Å². The number of amides is 2. The maximum Gasteiger partial charge on any atom is 0.254 e. The largest absolute Gasteiger partial charge is 0.448 e. The van der Waals surface area contributed by atoms with Crippen molar-refractivity contribution in [3.05, 3.63) is 49.9 Å². The summed E-state index contributed by atoms with van der Waals surface area (Å²) in [5.41, 5.74) is 1.93. The summed E-state index contributed by atoms with van der Waals surface area (Å²) in [6.07, 6.45) is 3.05. The number of aromatic amines is 1. The molecular weight excluding hydrogens is 516 g/mol. The molecule has 0 bridgehead atoms. The summed E-state index contributed by atoms with van der Waals surface area (Å²) >= 11 is 7.98. The number of ether oxygens (including phenoxy) is 2. The van der Waals surface area contributed by atoms with Gasteiger partial charge in [0.05, 0.1) is 11.1 Å². The quantitative estimate of drug-likeness (QED) is 0.528. The first-order valence-corrected chi connectivity index (χ1v) is 13.6. The smallest absolute Gasteiger partial charge is 0.254 e. The highest BCUT2D eigenvalue weighted by atomic mass is 35.5. The van der Waals surface area contributed by atoms with Crippen LogP contribution in [-0.2, 0) is 11.3 Å². The zero-order valence-electron chi connectivity index (χ0n) is 21.2. The molecule has 2 aliphatic rings. The number of benzene rings is 1. The summed E-state index contributed by atoms with van der Waals surface area (Å²) in [7, 11) is 0. The van der Waals surface area contributed by atoms with Crippen molar-refractivity contribution in [2.75, 3.05) is 19.3 Å². The Morgan fingerprint density at radius 1 is 1.27 bits per heavy atom. The summed E-state index contributed by atoms with van der Waals surface area (Å²) in [5, 5.41) is 11.9. The number of likely N-dealkylation sites (tertiary alicyclic amines) is 1. The van der Waals surface area contributed by atoms with Crippen LogP contribution in [-0.4, -0.2) is 46.8 Å². The number of H-pyrrole nitrogens is 1. The topological polar surface area (TPSA) is 125 Å². The Kier molecular flexibility index (Phi) is 7.76. The van der Waals surface area contributed by atoms with Crippen molar-refractivity contribution >= 4 is 35.2 Å². The molecule has 2 aliphatic heterocycles. The maximum atomic E-state index is 13.1. The van der Waals surface area contributed by atoms with E-state index in [1.165, 1.54) is 11.8 Å². The zero-order valence-corrected chi connectivity index (χ0v) is 22.8. The highest BCUT2D eigenvalue weighted by Crippen LogP contribution is 2.51. The second-order valence-electron chi connectivity index (χ2n) is 9.41. The van der Waals surface area contributed by atoms with Crippen molar-refractivity contribution < 1.29 is 19.1 Å². The summed E-state index contributed by atoms with van der Waals surface area (Å²) < 4.78 is 12.5. The van der Waals surface area contributed by atoms with Crippen molar-refractivity contribution in [2.45, 2.75) is 57.3 Å². The first-order chi connectivity index (χ1) is 17.6. The molecule has 2 aromatic rings. The number of carbonyl (C=O) groups is 2. The van der Waals surface area contributed by atoms with Crippen LogP contribution in [0.15, 0.2) is 21.8 Å². The normalized spacial score (nSPS) is 19.0. The van der Waals surface area contributed by atoms with E-state index in [-0.39, 0.29) is 41.3 Å². The zero-order chi connectivity index (χ0) is 26.9. The Morgan fingerprint density at radius 3 is 2.59 bits per heavy atom. The fourth-order valence-electron chi connectivity index (χ4n) is 4.88. The molecule has 0 aliphatic carbocycles.